The van der Waals surface area contributed by atoms with Gasteiger partial charge in [0.05, 0.1) is 11.1 Å². The third-order valence-electron chi connectivity index (χ3n) is 6.23. The molecule has 6 heteroatoms. The van der Waals surface area contributed by atoms with E-state index in [9.17, 15) is 14.4 Å². The van der Waals surface area contributed by atoms with E-state index in [-0.39, 0.29) is 30.7 Å². The molecule has 0 aliphatic carbocycles. The topological polar surface area (TPSA) is 69.7 Å². The number of carbonyl (C=O) groups is 3. The monoisotopic (exact) mass is 419 g/mol. The average Bonchev–Trinajstić information content (AvgIpc) is 3.02. The first kappa shape index (κ1) is 21.2. The highest BCUT2D eigenvalue weighted by molar-refractivity contribution is 6.21. The smallest absolute Gasteiger partial charge is 0.261 e. The molecule has 3 amide bonds. The highest BCUT2D eigenvalue weighted by Gasteiger charge is 2.34. The quantitative estimate of drug-likeness (QED) is 0.687. The molecule has 162 valence electrons. The lowest BCUT2D eigenvalue weighted by Crippen LogP contribution is -2.36. The number of fused-ring (bicyclic) bond motifs is 1. The first-order chi connectivity index (χ1) is 15.0. The molecule has 2 aliphatic rings. The molecule has 0 spiro atoms. The van der Waals surface area contributed by atoms with Gasteiger partial charge in [0.1, 0.15) is 0 Å². The third-order valence-corrected chi connectivity index (χ3v) is 6.23. The number of nitrogens with one attached hydrogen (secondary N) is 1. The predicted molar refractivity (Wildman–Crippen MR) is 120 cm³/mol. The number of rotatable bonds is 7. The van der Waals surface area contributed by atoms with E-state index in [0.29, 0.717) is 23.6 Å². The van der Waals surface area contributed by atoms with Crippen LogP contribution in [0.15, 0.2) is 48.5 Å². The molecule has 2 aromatic carbocycles. The van der Waals surface area contributed by atoms with Gasteiger partial charge in [-0.2, -0.15) is 0 Å². The van der Waals surface area contributed by atoms with Crippen molar-refractivity contribution in [1.82, 2.24) is 9.80 Å². The number of benzene rings is 2. The van der Waals surface area contributed by atoms with E-state index in [2.05, 4.69) is 29.3 Å². The van der Waals surface area contributed by atoms with Crippen molar-refractivity contribution in [1.29, 1.82) is 0 Å². The van der Waals surface area contributed by atoms with Gasteiger partial charge in [0, 0.05) is 31.2 Å². The number of imide groups is 1. The Hall–Kier alpha value is -2.99. The predicted octanol–water partition coefficient (Wildman–Crippen LogP) is 4.08. The van der Waals surface area contributed by atoms with Crippen molar-refractivity contribution >= 4 is 23.4 Å². The molecule has 0 saturated carbocycles. The van der Waals surface area contributed by atoms with Crippen molar-refractivity contribution in [3.05, 3.63) is 65.2 Å². The Bertz CT molecular complexity index is 935. The number of hydrogen-bond acceptors (Lipinski definition) is 4. The summed E-state index contributed by atoms with van der Waals surface area (Å²) in [6, 6.07) is 15.5. The summed E-state index contributed by atoms with van der Waals surface area (Å²) in [5.74, 6) is -0.673. The summed E-state index contributed by atoms with van der Waals surface area (Å²) < 4.78 is 0. The second-order valence-electron chi connectivity index (χ2n) is 8.47. The van der Waals surface area contributed by atoms with Crippen LogP contribution in [0.3, 0.4) is 0 Å². The maximum atomic E-state index is 12.4. The van der Waals surface area contributed by atoms with E-state index in [1.54, 1.807) is 24.3 Å². The molecule has 0 aromatic heterocycles. The number of likely N-dealkylation sites (tertiary alicyclic amines) is 1. The summed E-state index contributed by atoms with van der Waals surface area (Å²) in [4.78, 5) is 40.8. The molecule has 2 aliphatic heterocycles. The average molecular weight is 420 g/mol. The fourth-order valence-electron chi connectivity index (χ4n) is 4.38. The van der Waals surface area contributed by atoms with Gasteiger partial charge < -0.3 is 5.32 Å². The van der Waals surface area contributed by atoms with Crippen LogP contribution in [0.2, 0.25) is 0 Å². The van der Waals surface area contributed by atoms with Crippen LogP contribution in [-0.4, -0.2) is 46.7 Å². The van der Waals surface area contributed by atoms with Crippen molar-refractivity contribution in [2.45, 2.75) is 51.6 Å². The summed E-state index contributed by atoms with van der Waals surface area (Å²) in [6.07, 6.45) is 4.52. The van der Waals surface area contributed by atoms with Crippen LogP contribution in [0.5, 0.6) is 0 Å². The second kappa shape index (κ2) is 9.43. The SMILES string of the molecule is CC1CCCCN1Cc1ccc(NC(=O)CCCN2C(=O)c3ccccc3C2=O)cc1. The van der Waals surface area contributed by atoms with Crippen LogP contribution in [0.1, 0.15) is 65.3 Å². The van der Waals surface area contributed by atoms with Crippen molar-refractivity contribution in [2.24, 2.45) is 0 Å². The van der Waals surface area contributed by atoms with Gasteiger partial charge in [-0.1, -0.05) is 30.7 Å². The first-order valence-corrected chi connectivity index (χ1v) is 11.1. The van der Waals surface area contributed by atoms with Gasteiger partial charge in [-0.3, -0.25) is 24.2 Å². The molecule has 2 heterocycles. The Kier molecular flexibility index (Phi) is 6.47. The van der Waals surface area contributed by atoms with E-state index >= 15 is 0 Å². The molecule has 4 rings (SSSR count). The lowest BCUT2D eigenvalue weighted by molar-refractivity contribution is -0.116. The zero-order valence-electron chi connectivity index (χ0n) is 18.0. The van der Waals surface area contributed by atoms with E-state index in [1.807, 2.05) is 12.1 Å². The molecule has 1 saturated heterocycles. The molecule has 31 heavy (non-hydrogen) atoms. The van der Waals surface area contributed by atoms with E-state index < -0.39 is 0 Å². The minimum absolute atomic E-state index is 0.117. The van der Waals surface area contributed by atoms with Gasteiger partial charge >= 0.3 is 0 Å². The van der Waals surface area contributed by atoms with Crippen LogP contribution in [0.25, 0.3) is 0 Å². The largest absolute Gasteiger partial charge is 0.326 e. The fraction of sp³-hybridized carbons (Fsp3) is 0.400. The molecular formula is C25H29N3O3. The van der Waals surface area contributed by atoms with Gasteiger partial charge in [0.15, 0.2) is 0 Å². The summed E-state index contributed by atoms with van der Waals surface area (Å²) in [5.41, 5.74) is 2.89. The normalized spacial score (nSPS) is 18.9. The number of anilines is 1. The Morgan fingerprint density at radius 3 is 2.32 bits per heavy atom. The van der Waals surface area contributed by atoms with Crippen molar-refractivity contribution in [2.75, 3.05) is 18.4 Å². The zero-order valence-corrected chi connectivity index (χ0v) is 18.0. The van der Waals surface area contributed by atoms with Gasteiger partial charge in [-0.15, -0.1) is 0 Å². The van der Waals surface area contributed by atoms with Crippen LogP contribution < -0.4 is 5.32 Å². The second-order valence-corrected chi connectivity index (χ2v) is 8.47. The number of hydrogen-bond donors (Lipinski definition) is 1. The molecule has 0 radical (unpaired) electrons. The van der Waals surface area contributed by atoms with Gasteiger partial charge in [0.25, 0.3) is 11.8 Å². The maximum Gasteiger partial charge on any atom is 0.261 e. The number of nitrogens with zero attached hydrogens (tertiary/aromatic N) is 2. The first-order valence-electron chi connectivity index (χ1n) is 11.1. The van der Waals surface area contributed by atoms with E-state index in [4.69, 9.17) is 0 Å². The number of carbonyl (C=O) groups excluding carboxylic acids is 3. The molecular weight excluding hydrogens is 390 g/mol. The minimum Gasteiger partial charge on any atom is -0.326 e. The fourth-order valence-corrected chi connectivity index (χ4v) is 4.38. The number of piperidine rings is 1. The van der Waals surface area contributed by atoms with Crippen LogP contribution >= 0.6 is 0 Å². The summed E-state index contributed by atoms with van der Waals surface area (Å²) in [6.45, 7) is 4.62. The standard InChI is InChI=1S/C25H29N3O3/c1-18-7-4-5-15-27(18)17-19-11-13-20(14-12-19)26-23(29)10-6-16-28-24(30)21-8-2-3-9-22(21)25(28)31/h2-3,8-9,11-14,18H,4-7,10,15-17H2,1H3,(H,26,29). The van der Waals surface area contributed by atoms with E-state index in [0.717, 1.165) is 18.8 Å². The molecule has 1 fully saturated rings. The van der Waals surface area contributed by atoms with Crippen molar-refractivity contribution in [3.63, 3.8) is 0 Å². The lowest BCUT2D eigenvalue weighted by Gasteiger charge is -2.33. The zero-order chi connectivity index (χ0) is 21.8. The van der Waals surface area contributed by atoms with Crippen LogP contribution in [0, 0.1) is 0 Å². The van der Waals surface area contributed by atoms with Gasteiger partial charge in [0.2, 0.25) is 5.91 Å². The maximum absolute atomic E-state index is 12.4. The number of amides is 3. The Morgan fingerprint density at radius 2 is 1.68 bits per heavy atom. The van der Waals surface area contributed by atoms with Gasteiger partial charge in [-0.25, -0.2) is 0 Å². The van der Waals surface area contributed by atoms with Gasteiger partial charge in [-0.05, 0) is 62.6 Å². The van der Waals surface area contributed by atoms with Crippen LogP contribution in [-0.2, 0) is 11.3 Å². The van der Waals surface area contributed by atoms with E-state index in [1.165, 1.54) is 29.7 Å². The summed E-state index contributed by atoms with van der Waals surface area (Å²) >= 11 is 0. The van der Waals surface area contributed by atoms with Crippen molar-refractivity contribution in [3.8, 4) is 0 Å². The Morgan fingerprint density at radius 1 is 1.00 bits per heavy atom. The summed E-state index contributed by atoms with van der Waals surface area (Å²) in [7, 11) is 0. The molecule has 2 aromatic rings. The van der Waals surface area contributed by atoms with Crippen molar-refractivity contribution < 1.29 is 14.4 Å². The molecule has 1 atom stereocenters. The highest BCUT2D eigenvalue weighted by Crippen LogP contribution is 2.23. The highest BCUT2D eigenvalue weighted by atomic mass is 16.2. The summed E-state index contributed by atoms with van der Waals surface area (Å²) in [5, 5.41) is 2.91. The molecule has 1 unspecified atom stereocenters. The Labute approximate surface area is 183 Å². The minimum atomic E-state index is -0.278. The molecule has 1 N–H and O–H groups in total. The van der Waals surface area contributed by atoms with Crippen LogP contribution in [0.4, 0.5) is 5.69 Å². The Balaban J connectivity index is 1.23. The molecule has 6 nitrogen and oxygen atoms in total. The lowest BCUT2D eigenvalue weighted by atomic mass is 10.0. The third kappa shape index (κ3) is 4.85. The molecule has 0 bridgehead atoms.